The Morgan fingerprint density at radius 3 is 2.46 bits per heavy atom. The molecule has 5 atom stereocenters. The van der Waals surface area contributed by atoms with Crippen molar-refractivity contribution in [3.05, 3.63) is 23.8 Å². The number of aliphatic hydroxyl groups is 3. The molecule has 1 aromatic carbocycles. The fourth-order valence-corrected chi connectivity index (χ4v) is 2.59. The van der Waals surface area contributed by atoms with Gasteiger partial charge in [-0.1, -0.05) is 0 Å². The maximum absolute atomic E-state index is 11.4. The molecule has 10 nitrogen and oxygen atoms in total. The molecule has 0 bridgehead atoms. The molecule has 0 radical (unpaired) electrons. The first-order valence-corrected chi connectivity index (χ1v) is 7.76. The molecule has 10 heteroatoms. The molecule has 2 rings (SSSR count). The van der Waals surface area contributed by atoms with Crippen LogP contribution in [0, 0.1) is 0 Å². The van der Waals surface area contributed by atoms with E-state index >= 15 is 0 Å². The lowest BCUT2D eigenvalue weighted by molar-refractivity contribution is -0.244. The van der Waals surface area contributed by atoms with E-state index in [9.17, 15) is 24.9 Å². The number of benzene rings is 1. The molecule has 144 valence electrons. The van der Waals surface area contributed by atoms with E-state index in [-0.39, 0.29) is 17.1 Å². The zero-order chi connectivity index (χ0) is 19.4. The number of amides is 1. The third kappa shape index (κ3) is 4.22. The summed E-state index contributed by atoms with van der Waals surface area (Å²) in [4.78, 5) is 22.4. The molecule has 0 aliphatic carbocycles. The van der Waals surface area contributed by atoms with Gasteiger partial charge in [-0.05, 0) is 18.2 Å². The van der Waals surface area contributed by atoms with Crippen molar-refractivity contribution >= 4 is 11.9 Å². The first-order chi connectivity index (χ1) is 12.3. The minimum absolute atomic E-state index is 0.0270. The molecule has 1 aromatic rings. The molecule has 5 N–H and O–H groups in total. The molecule has 1 saturated heterocycles. The molecule has 1 fully saturated rings. The molecular weight excluding hydrogens is 350 g/mol. The number of methoxy groups -OCH3 is 1. The number of carbonyl (C=O) groups is 2. The van der Waals surface area contributed by atoms with Crippen LogP contribution in [0.15, 0.2) is 18.2 Å². The van der Waals surface area contributed by atoms with Crippen molar-refractivity contribution in [2.24, 2.45) is 0 Å². The number of carboxylic acid groups (broad SMARTS) is 1. The Kier molecular flexibility index (Phi) is 6.37. The van der Waals surface area contributed by atoms with E-state index in [4.69, 9.17) is 19.3 Å². The minimum Gasteiger partial charge on any atom is -0.493 e. The number of rotatable bonds is 6. The lowest BCUT2D eigenvalue weighted by atomic mass is 9.97. The second-order valence-electron chi connectivity index (χ2n) is 5.72. The van der Waals surface area contributed by atoms with Gasteiger partial charge in [-0.15, -0.1) is 0 Å². The summed E-state index contributed by atoms with van der Waals surface area (Å²) in [6, 6.07) is 2.73. The van der Waals surface area contributed by atoms with Gasteiger partial charge in [0.25, 0.3) is 0 Å². The largest absolute Gasteiger partial charge is 0.493 e. The number of carbonyl (C=O) groups excluding carboxylic acids is 1. The second-order valence-corrected chi connectivity index (χ2v) is 5.72. The fourth-order valence-electron chi connectivity index (χ4n) is 2.59. The normalized spacial score (nSPS) is 28.3. The van der Waals surface area contributed by atoms with Crippen LogP contribution < -0.4 is 14.8 Å². The van der Waals surface area contributed by atoms with Gasteiger partial charge >= 0.3 is 5.97 Å². The topological polar surface area (TPSA) is 155 Å². The molecule has 26 heavy (non-hydrogen) atoms. The summed E-state index contributed by atoms with van der Waals surface area (Å²) in [7, 11) is 1.32. The van der Waals surface area contributed by atoms with Crippen molar-refractivity contribution in [2.45, 2.75) is 37.6 Å². The first kappa shape index (κ1) is 19.9. The highest BCUT2D eigenvalue weighted by molar-refractivity contribution is 5.88. The van der Waals surface area contributed by atoms with Crippen LogP contribution in [-0.4, -0.2) is 76.7 Å². The van der Waals surface area contributed by atoms with Gasteiger partial charge < -0.3 is 40.0 Å². The molecular formula is C16H21NO9. The van der Waals surface area contributed by atoms with Gasteiger partial charge in [0.15, 0.2) is 11.5 Å². The van der Waals surface area contributed by atoms with Crippen LogP contribution in [0.25, 0.3) is 0 Å². The van der Waals surface area contributed by atoms with Gasteiger partial charge in [0.05, 0.1) is 19.3 Å². The number of hydrogen-bond donors (Lipinski definition) is 5. The van der Waals surface area contributed by atoms with E-state index < -0.39 is 49.1 Å². The van der Waals surface area contributed by atoms with Crippen molar-refractivity contribution in [3.63, 3.8) is 0 Å². The van der Waals surface area contributed by atoms with Crippen molar-refractivity contribution in [1.29, 1.82) is 0 Å². The minimum atomic E-state index is -1.46. The Hall–Kier alpha value is -2.40. The summed E-state index contributed by atoms with van der Waals surface area (Å²) in [5.41, 5.74) is -0.0270. The van der Waals surface area contributed by atoms with Gasteiger partial charge in [0.1, 0.15) is 24.4 Å². The summed E-state index contributed by atoms with van der Waals surface area (Å²) in [5.74, 6) is -1.46. The smallest absolute Gasteiger partial charge is 0.335 e. The third-order valence-electron chi connectivity index (χ3n) is 3.90. The van der Waals surface area contributed by atoms with Crippen LogP contribution in [0.2, 0.25) is 0 Å². The summed E-state index contributed by atoms with van der Waals surface area (Å²) >= 11 is 0. The monoisotopic (exact) mass is 371 g/mol. The van der Waals surface area contributed by atoms with Crippen molar-refractivity contribution in [3.8, 4) is 11.5 Å². The number of aromatic carboxylic acids is 1. The van der Waals surface area contributed by atoms with Gasteiger partial charge in [-0.25, -0.2) is 4.79 Å². The summed E-state index contributed by atoms with van der Waals surface area (Å²) in [6.07, 6.45) is -5.30. The Bertz CT molecular complexity index is 665. The highest BCUT2D eigenvalue weighted by atomic mass is 16.7. The fraction of sp³-hybridized carbons (Fsp3) is 0.500. The van der Waals surface area contributed by atoms with Crippen LogP contribution >= 0.6 is 0 Å². The number of nitrogens with one attached hydrogen (secondary N) is 1. The quantitative estimate of drug-likeness (QED) is 0.411. The molecule has 0 aromatic heterocycles. The Morgan fingerprint density at radius 2 is 1.92 bits per heavy atom. The predicted octanol–water partition coefficient (Wildman–Crippen LogP) is -1.28. The highest BCUT2D eigenvalue weighted by Gasteiger charge is 2.46. The molecule has 1 aliphatic rings. The van der Waals surface area contributed by atoms with E-state index in [2.05, 4.69) is 5.32 Å². The zero-order valence-electron chi connectivity index (χ0n) is 14.2. The summed E-state index contributed by atoms with van der Waals surface area (Å²) in [6.45, 7) is 0.635. The van der Waals surface area contributed by atoms with Crippen molar-refractivity contribution in [2.75, 3.05) is 13.7 Å². The van der Waals surface area contributed by atoms with Crippen molar-refractivity contribution in [1.82, 2.24) is 5.32 Å². The van der Waals surface area contributed by atoms with Gasteiger partial charge in [-0.3, -0.25) is 4.79 Å². The van der Waals surface area contributed by atoms with Gasteiger partial charge in [0.2, 0.25) is 12.2 Å². The maximum Gasteiger partial charge on any atom is 0.335 e. The number of aliphatic hydroxyl groups excluding tert-OH is 3. The van der Waals surface area contributed by atoms with Crippen molar-refractivity contribution < 1.29 is 44.2 Å². The lowest BCUT2D eigenvalue weighted by Crippen LogP contribution is -2.65. The SMILES string of the molecule is COc1cc(C(=O)O)ccc1O[C@@H]1O[C@H](CO)[C@@H](O)[C@@H](O)[C@@H]1NC(C)=O. The highest BCUT2D eigenvalue weighted by Crippen LogP contribution is 2.32. The van der Waals surface area contributed by atoms with Gasteiger partial charge in [-0.2, -0.15) is 0 Å². The first-order valence-electron chi connectivity index (χ1n) is 7.76. The number of carboxylic acids is 1. The Balaban J connectivity index is 2.31. The summed E-state index contributed by atoms with van der Waals surface area (Å²) in [5, 5.41) is 41.0. The standard InChI is InChI=1S/C16H21NO9/c1-7(19)17-12-14(21)13(20)11(6-18)26-16(12)25-9-4-3-8(15(22)23)5-10(9)24-2/h3-5,11-14,16,18,20-21H,6H2,1-2H3,(H,17,19)(H,22,23)/t11-,12+,13-,14+,16-/m1/s1. The summed E-state index contributed by atoms with van der Waals surface area (Å²) < 4.78 is 16.2. The molecule has 0 saturated carbocycles. The van der Waals surface area contributed by atoms with E-state index in [1.165, 1.54) is 32.2 Å². The van der Waals surface area contributed by atoms with Gasteiger partial charge in [0, 0.05) is 6.92 Å². The number of ether oxygens (including phenoxy) is 3. The maximum atomic E-state index is 11.4. The number of hydrogen-bond acceptors (Lipinski definition) is 8. The van der Waals surface area contributed by atoms with E-state index in [1.807, 2.05) is 0 Å². The average Bonchev–Trinajstić information content (AvgIpc) is 2.60. The Labute approximate surface area is 148 Å². The molecule has 1 heterocycles. The average molecular weight is 371 g/mol. The Morgan fingerprint density at radius 1 is 1.23 bits per heavy atom. The predicted molar refractivity (Wildman–Crippen MR) is 85.9 cm³/mol. The van der Waals surface area contributed by atoms with E-state index in [0.29, 0.717) is 0 Å². The van der Waals surface area contributed by atoms with Crippen LogP contribution in [0.3, 0.4) is 0 Å². The van der Waals surface area contributed by atoms with Crippen LogP contribution in [0.1, 0.15) is 17.3 Å². The molecule has 1 amide bonds. The van der Waals surface area contributed by atoms with E-state index in [0.717, 1.165) is 0 Å². The third-order valence-corrected chi connectivity index (χ3v) is 3.90. The molecule has 0 unspecified atom stereocenters. The zero-order valence-corrected chi connectivity index (χ0v) is 14.2. The molecule has 0 spiro atoms. The van der Waals surface area contributed by atoms with Crippen LogP contribution in [0.5, 0.6) is 11.5 Å². The van der Waals surface area contributed by atoms with E-state index in [1.54, 1.807) is 0 Å². The van der Waals surface area contributed by atoms with Crippen LogP contribution in [-0.2, 0) is 9.53 Å². The lowest BCUT2D eigenvalue weighted by Gasteiger charge is -2.42. The second kappa shape index (κ2) is 8.32. The molecule has 1 aliphatic heterocycles. The van der Waals surface area contributed by atoms with Crippen LogP contribution in [0.4, 0.5) is 0 Å².